The quantitative estimate of drug-likeness (QED) is 0.908. The zero-order valence-corrected chi connectivity index (χ0v) is 11.8. The number of hydrogen-bond donors (Lipinski definition) is 1. The lowest BCUT2D eigenvalue weighted by molar-refractivity contribution is 0.444. The Hall–Kier alpha value is -0.650. The standard InChI is InChI=1S/C12H16FNO2S.ClH/c1-17(15,16)10-2-3-11(12(13)8-10)9-4-6-14-7-5-9;/h2-3,8-9,14H,4-7H2,1H3;1H. The van der Waals surface area contributed by atoms with Gasteiger partial charge in [0.15, 0.2) is 9.84 Å². The average Bonchev–Trinajstić information content (AvgIpc) is 2.29. The topological polar surface area (TPSA) is 46.2 Å². The lowest BCUT2D eigenvalue weighted by atomic mass is 9.90. The molecule has 1 aromatic carbocycles. The molecular formula is C12H17ClFNO2S. The van der Waals surface area contributed by atoms with Gasteiger partial charge in [0.1, 0.15) is 5.82 Å². The third-order valence-electron chi connectivity index (χ3n) is 3.18. The maximum atomic E-state index is 13.9. The van der Waals surface area contributed by atoms with E-state index in [2.05, 4.69) is 5.32 Å². The summed E-state index contributed by atoms with van der Waals surface area (Å²) in [6.07, 6.45) is 2.89. The number of piperidine rings is 1. The van der Waals surface area contributed by atoms with Crippen LogP contribution in [-0.2, 0) is 9.84 Å². The number of hydrogen-bond acceptors (Lipinski definition) is 3. The van der Waals surface area contributed by atoms with Crippen molar-refractivity contribution in [2.24, 2.45) is 0 Å². The monoisotopic (exact) mass is 293 g/mol. The van der Waals surface area contributed by atoms with Crippen LogP contribution in [0.3, 0.4) is 0 Å². The Labute approximate surface area is 113 Å². The number of rotatable bonds is 2. The van der Waals surface area contributed by atoms with E-state index in [9.17, 15) is 12.8 Å². The van der Waals surface area contributed by atoms with E-state index in [1.165, 1.54) is 6.07 Å². The first-order valence-electron chi connectivity index (χ1n) is 5.69. The van der Waals surface area contributed by atoms with Gasteiger partial charge in [-0.25, -0.2) is 12.8 Å². The van der Waals surface area contributed by atoms with Crippen molar-refractivity contribution >= 4 is 22.2 Å². The second-order valence-electron chi connectivity index (χ2n) is 4.48. The maximum Gasteiger partial charge on any atom is 0.175 e. The van der Waals surface area contributed by atoms with Crippen LogP contribution in [0.25, 0.3) is 0 Å². The maximum absolute atomic E-state index is 13.9. The molecule has 0 aliphatic carbocycles. The summed E-state index contributed by atoms with van der Waals surface area (Å²) in [6.45, 7) is 1.77. The van der Waals surface area contributed by atoms with Crippen LogP contribution in [0.4, 0.5) is 4.39 Å². The van der Waals surface area contributed by atoms with Gasteiger partial charge in [0, 0.05) is 6.26 Å². The molecule has 0 saturated carbocycles. The van der Waals surface area contributed by atoms with Gasteiger partial charge >= 0.3 is 0 Å². The molecule has 1 saturated heterocycles. The van der Waals surface area contributed by atoms with Gasteiger partial charge in [-0.15, -0.1) is 12.4 Å². The van der Waals surface area contributed by atoms with Gasteiger partial charge in [-0.05, 0) is 49.5 Å². The van der Waals surface area contributed by atoms with E-state index >= 15 is 0 Å². The molecule has 1 aliphatic rings. The minimum atomic E-state index is -3.33. The summed E-state index contributed by atoms with van der Waals surface area (Å²) in [5.74, 6) is -0.204. The molecule has 1 heterocycles. The van der Waals surface area contributed by atoms with E-state index in [1.807, 2.05) is 0 Å². The molecule has 0 spiro atoms. The lowest BCUT2D eigenvalue weighted by Gasteiger charge is -2.23. The molecule has 1 aromatic rings. The van der Waals surface area contributed by atoms with Crippen LogP contribution in [0.15, 0.2) is 23.1 Å². The summed E-state index contributed by atoms with van der Waals surface area (Å²) >= 11 is 0. The van der Waals surface area contributed by atoms with Gasteiger partial charge in [-0.3, -0.25) is 0 Å². The zero-order valence-electron chi connectivity index (χ0n) is 10.1. The molecular weight excluding hydrogens is 277 g/mol. The summed E-state index contributed by atoms with van der Waals surface area (Å²) < 4.78 is 36.5. The molecule has 1 fully saturated rings. The number of benzene rings is 1. The average molecular weight is 294 g/mol. The fraction of sp³-hybridized carbons (Fsp3) is 0.500. The second-order valence-corrected chi connectivity index (χ2v) is 6.50. The van der Waals surface area contributed by atoms with E-state index < -0.39 is 15.7 Å². The van der Waals surface area contributed by atoms with Gasteiger partial charge in [0.25, 0.3) is 0 Å². The predicted octanol–water partition coefficient (Wildman–Crippen LogP) is 2.12. The van der Waals surface area contributed by atoms with E-state index in [4.69, 9.17) is 0 Å². The number of sulfone groups is 1. The van der Waals surface area contributed by atoms with Crippen molar-refractivity contribution in [2.75, 3.05) is 19.3 Å². The van der Waals surface area contributed by atoms with Crippen molar-refractivity contribution in [3.8, 4) is 0 Å². The normalized spacial score (nSPS) is 17.2. The highest BCUT2D eigenvalue weighted by atomic mass is 35.5. The highest BCUT2D eigenvalue weighted by molar-refractivity contribution is 7.90. The van der Waals surface area contributed by atoms with Crippen LogP contribution in [-0.4, -0.2) is 27.8 Å². The molecule has 18 heavy (non-hydrogen) atoms. The summed E-state index contributed by atoms with van der Waals surface area (Å²) in [4.78, 5) is 0.0488. The van der Waals surface area contributed by atoms with Crippen molar-refractivity contribution in [2.45, 2.75) is 23.7 Å². The summed E-state index contributed by atoms with van der Waals surface area (Å²) in [7, 11) is -3.33. The van der Waals surface area contributed by atoms with Gasteiger partial charge in [0.2, 0.25) is 0 Å². The molecule has 102 valence electrons. The van der Waals surface area contributed by atoms with Crippen LogP contribution in [0.5, 0.6) is 0 Å². The minimum absolute atomic E-state index is 0. The molecule has 0 bridgehead atoms. The van der Waals surface area contributed by atoms with Crippen molar-refractivity contribution in [1.29, 1.82) is 0 Å². The Morgan fingerprint density at radius 1 is 1.28 bits per heavy atom. The molecule has 1 aliphatic heterocycles. The third-order valence-corrected chi connectivity index (χ3v) is 4.29. The molecule has 0 radical (unpaired) electrons. The molecule has 0 aromatic heterocycles. The summed E-state index contributed by atoms with van der Waals surface area (Å²) in [5, 5.41) is 3.22. The Morgan fingerprint density at radius 3 is 2.39 bits per heavy atom. The fourth-order valence-electron chi connectivity index (χ4n) is 2.20. The second kappa shape index (κ2) is 5.99. The van der Waals surface area contributed by atoms with E-state index in [-0.39, 0.29) is 23.2 Å². The Balaban J connectivity index is 0.00000162. The summed E-state index contributed by atoms with van der Waals surface area (Å²) in [6, 6.07) is 4.24. The first-order valence-corrected chi connectivity index (χ1v) is 7.58. The number of halogens is 2. The van der Waals surface area contributed by atoms with Gasteiger partial charge < -0.3 is 5.32 Å². The van der Waals surface area contributed by atoms with Gasteiger partial charge in [-0.2, -0.15) is 0 Å². The van der Waals surface area contributed by atoms with Crippen LogP contribution in [0, 0.1) is 5.82 Å². The van der Waals surface area contributed by atoms with Crippen LogP contribution < -0.4 is 5.32 Å². The van der Waals surface area contributed by atoms with Crippen LogP contribution in [0.1, 0.15) is 24.3 Å². The molecule has 3 nitrogen and oxygen atoms in total. The molecule has 0 unspecified atom stereocenters. The van der Waals surface area contributed by atoms with Crippen molar-refractivity contribution in [3.05, 3.63) is 29.6 Å². The lowest BCUT2D eigenvalue weighted by Crippen LogP contribution is -2.27. The fourth-order valence-corrected chi connectivity index (χ4v) is 2.84. The van der Waals surface area contributed by atoms with E-state index in [0.29, 0.717) is 5.56 Å². The van der Waals surface area contributed by atoms with Crippen molar-refractivity contribution in [1.82, 2.24) is 5.32 Å². The predicted molar refractivity (Wildman–Crippen MR) is 71.6 cm³/mol. The highest BCUT2D eigenvalue weighted by Gasteiger charge is 2.20. The summed E-state index contributed by atoms with van der Waals surface area (Å²) in [5.41, 5.74) is 0.638. The van der Waals surface area contributed by atoms with Crippen LogP contribution >= 0.6 is 12.4 Å². The Kier molecular flexibility index (Phi) is 5.13. The molecule has 6 heteroatoms. The Bertz CT molecular complexity index is 513. The van der Waals surface area contributed by atoms with Crippen LogP contribution in [0.2, 0.25) is 0 Å². The largest absolute Gasteiger partial charge is 0.317 e. The minimum Gasteiger partial charge on any atom is -0.317 e. The van der Waals surface area contributed by atoms with Gasteiger partial charge in [0.05, 0.1) is 4.90 Å². The SMILES string of the molecule is CS(=O)(=O)c1ccc(C2CCNCC2)c(F)c1.Cl. The van der Waals surface area contributed by atoms with Crippen molar-refractivity contribution < 1.29 is 12.8 Å². The zero-order chi connectivity index (χ0) is 12.5. The van der Waals surface area contributed by atoms with Crippen molar-refractivity contribution in [3.63, 3.8) is 0 Å². The molecule has 0 amide bonds. The third kappa shape index (κ3) is 3.43. The molecule has 0 atom stereocenters. The van der Waals surface area contributed by atoms with Gasteiger partial charge in [-0.1, -0.05) is 6.07 Å². The van der Waals surface area contributed by atoms with E-state index in [0.717, 1.165) is 38.3 Å². The molecule has 1 N–H and O–H groups in total. The first-order chi connectivity index (χ1) is 7.98. The number of nitrogens with one attached hydrogen (secondary N) is 1. The Morgan fingerprint density at radius 2 is 1.89 bits per heavy atom. The smallest absolute Gasteiger partial charge is 0.175 e. The molecule has 2 rings (SSSR count). The first kappa shape index (κ1) is 15.4. The highest BCUT2D eigenvalue weighted by Crippen LogP contribution is 2.28. The van der Waals surface area contributed by atoms with E-state index in [1.54, 1.807) is 6.07 Å².